The molecule has 0 bridgehead atoms. The number of hydrogen-bond donors (Lipinski definition) is 2. The van der Waals surface area contributed by atoms with Gasteiger partial charge in [-0.15, -0.1) is 0 Å². The van der Waals surface area contributed by atoms with E-state index in [1.807, 2.05) is 39.1 Å². The molecule has 1 heterocycles. The molecule has 2 rings (SSSR count). The maximum Gasteiger partial charge on any atom is 0.139 e. The summed E-state index contributed by atoms with van der Waals surface area (Å²) in [5.74, 6) is 2.42. The zero-order valence-electron chi connectivity index (χ0n) is 11.5. The monoisotopic (exact) mass is 320 g/mol. The molecule has 0 radical (unpaired) electrons. The second kappa shape index (κ2) is 5.57. The van der Waals surface area contributed by atoms with Crippen molar-refractivity contribution in [3.8, 4) is 0 Å². The van der Waals surface area contributed by atoms with Crippen molar-refractivity contribution >= 4 is 33.3 Å². The van der Waals surface area contributed by atoms with Gasteiger partial charge in [0.25, 0.3) is 0 Å². The molecule has 0 spiro atoms. The average Bonchev–Trinajstić information content (AvgIpc) is 2.38. The van der Waals surface area contributed by atoms with Crippen LogP contribution in [0.5, 0.6) is 0 Å². The van der Waals surface area contributed by atoms with Gasteiger partial charge in [-0.2, -0.15) is 0 Å². The van der Waals surface area contributed by atoms with Crippen LogP contribution in [0.1, 0.15) is 17.0 Å². The molecule has 19 heavy (non-hydrogen) atoms. The van der Waals surface area contributed by atoms with E-state index in [0.29, 0.717) is 0 Å². The molecule has 100 valence electrons. The largest absolute Gasteiger partial charge is 0.373 e. The number of hydrogen-bond acceptors (Lipinski definition) is 4. The smallest absolute Gasteiger partial charge is 0.139 e. The summed E-state index contributed by atoms with van der Waals surface area (Å²) in [4.78, 5) is 8.83. The number of rotatable bonds is 3. The van der Waals surface area contributed by atoms with Crippen molar-refractivity contribution in [2.24, 2.45) is 0 Å². The lowest BCUT2D eigenvalue weighted by Gasteiger charge is -2.14. The lowest BCUT2D eigenvalue weighted by atomic mass is 10.2. The Morgan fingerprint density at radius 1 is 1.00 bits per heavy atom. The Labute approximate surface area is 121 Å². The third-order valence-corrected chi connectivity index (χ3v) is 3.87. The van der Waals surface area contributed by atoms with Gasteiger partial charge in [0.05, 0.1) is 0 Å². The predicted octanol–water partition coefficient (Wildman–Crippen LogP) is 3.95. The molecule has 0 aliphatic heterocycles. The summed E-state index contributed by atoms with van der Waals surface area (Å²) in [5.41, 5.74) is 3.20. The van der Waals surface area contributed by atoms with E-state index in [1.165, 1.54) is 0 Å². The van der Waals surface area contributed by atoms with Crippen molar-refractivity contribution in [1.29, 1.82) is 0 Å². The van der Waals surface area contributed by atoms with Crippen molar-refractivity contribution < 1.29 is 0 Å². The Bertz CT molecular complexity index is 611. The second-order valence-electron chi connectivity index (χ2n) is 4.38. The quantitative estimate of drug-likeness (QED) is 0.899. The van der Waals surface area contributed by atoms with Crippen molar-refractivity contribution in [2.75, 3.05) is 17.7 Å². The molecule has 0 saturated heterocycles. The van der Waals surface area contributed by atoms with E-state index in [9.17, 15) is 0 Å². The minimum atomic E-state index is 0.741. The van der Waals surface area contributed by atoms with Crippen molar-refractivity contribution in [3.05, 3.63) is 39.6 Å². The molecule has 0 unspecified atom stereocenters. The molecule has 1 aromatic carbocycles. The Kier molecular flexibility index (Phi) is 4.04. The molecule has 0 fully saturated rings. The SMILES string of the molecule is CNc1nc(C)nc(Nc2cccc(Br)c2C)c1C. The van der Waals surface area contributed by atoms with Gasteiger partial charge in [-0.1, -0.05) is 22.0 Å². The third kappa shape index (κ3) is 2.87. The minimum Gasteiger partial charge on any atom is -0.373 e. The van der Waals surface area contributed by atoms with Gasteiger partial charge in [0.15, 0.2) is 0 Å². The Hall–Kier alpha value is -1.62. The predicted molar refractivity (Wildman–Crippen MR) is 83.2 cm³/mol. The van der Waals surface area contributed by atoms with Crippen molar-refractivity contribution in [1.82, 2.24) is 9.97 Å². The van der Waals surface area contributed by atoms with E-state index in [2.05, 4.69) is 43.5 Å². The zero-order valence-corrected chi connectivity index (χ0v) is 13.1. The fourth-order valence-electron chi connectivity index (χ4n) is 1.86. The Morgan fingerprint density at radius 3 is 2.37 bits per heavy atom. The van der Waals surface area contributed by atoms with Crippen LogP contribution in [0.2, 0.25) is 0 Å². The first-order valence-electron chi connectivity index (χ1n) is 6.08. The van der Waals surface area contributed by atoms with E-state index >= 15 is 0 Å². The van der Waals surface area contributed by atoms with Crippen LogP contribution in [0, 0.1) is 20.8 Å². The molecule has 0 saturated carbocycles. The number of nitrogens with zero attached hydrogens (tertiary/aromatic N) is 2. The van der Waals surface area contributed by atoms with E-state index in [1.54, 1.807) is 0 Å². The Balaban J connectivity index is 2.43. The molecule has 1 aromatic heterocycles. The first-order valence-corrected chi connectivity index (χ1v) is 6.87. The van der Waals surface area contributed by atoms with Crippen LogP contribution in [0.4, 0.5) is 17.3 Å². The third-order valence-electron chi connectivity index (χ3n) is 3.02. The topological polar surface area (TPSA) is 49.8 Å². The van der Waals surface area contributed by atoms with Gasteiger partial charge in [-0.05, 0) is 38.5 Å². The molecule has 2 aromatic rings. The summed E-state index contributed by atoms with van der Waals surface area (Å²) in [6, 6.07) is 6.06. The summed E-state index contributed by atoms with van der Waals surface area (Å²) in [6.07, 6.45) is 0. The molecule has 2 N–H and O–H groups in total. The van der Waals surface area contributed by atoms with Crippen LogP contribution >= 0.6 is 15.9 Å². The number of aromatic nitrogens is 2. The van der Waals surface area contributed by atoms with E-state index < -0.39 is 0 Å². The van der Waals surface area contributed by atoms with Gasteiger partial charge in [-0.25, -0.2) is 9.97 Å². The van der Waals surface area contributed by atoms with Crippen LogP contribution in [0.15, 0.2) is 22.7 Å². The number of aryl methyl sites for hydroxylation is 1. The highest BCUT2D eigenvalue weighted by molar-refractivity contribution is 9.10. The highest BCUT2D eigenvalue weighted by Gasteiger charge is 2.10. The van der Waals surface area contributed by atoms with E-state index in [0.717, 1.165) is 38.7 Å². The van der Waals surface area contributed by atoms with Gasteiger partial charge in [0.1, 0.15) is 17.5 Å². The van der Waals surface area contributed by atoms with Crippen molar-refractivity contribution in [3.63, 3.8) is 0 Å². The van der Waals surface area contributed by atoms with Crippen LogP contribution in [-0.4, -0.2) is 17.0 Å². The fraction of sp³-hybridized carbons (Fsp3) is 0.286. The van der Waals surface area contributed by atoms with Gasteiger partial charge < -0.3 is 10.6 Å². The molecular formula is C14H17BrN4. The molecule has 4 nitrogen and oxygen atoms in total. The average molecular weight is 321 g/mol. The molecule has 5 heteroatoms. The standard InChI is InChI=1S/C14H17BrN4/c1-8-11(15)6-5-7-12(8)19-14-9(2)13(16-4)17-10(3)18-14/h5-7H,1-4H3,(H2,16,17,18,19). The summed E-state index contributed by atoms with van der Waals surface area (Å²) < 4.78 is 1.08. The number of benzene rings is 1. The second-order valence-corrected chi connectivity index (χ2v) is 5.23. The first-order chi connectivity index (χ1) is 9.02. The number of anilines is 3. The Morgan fingerprint density at radius 2 is 1.68 bits per heavy atom. The molecular weight excluding hydrogens is 304 g/mol. The van der Waals surface area contributed by atoms with Gasteiger partial charge in [0, 0.05) is 22.8 Å². The van der Waals surface area contributed by atoms with Gasteiger partial charge >= 0.3 is 0 Å². The molecule has 0 amide bonds. The summed E-state index contributed by atoms with van der Waals surface area (Å²) in [7, 11) is 1.86. The maximum atomic E-state index is 4.47. The zero-order chi connectivity index (χ0) is 14.0. The number of nitrogens with one attached hydrogen (secondary N) is 2. The molecule has 0 aliphatic carbocycles. The summed E-state index contributed by atoms with van der Waals surface area (Å²) in [6.45, 7) is 5.95. The maximum absolute atomic E-state index is 4.47. The minimum absolute atomic E-state index is 0.741. The first kappa shape index (κ1) is 13.8. The highest BCUT2D eigenvalue weighted by Crippen LogP contribution is 2.28. The number of halogens is 1. The van der Waals surface area contributed by atoms with E-state index in [4.69, 9.17) is 0 Å². The van der Waals surface area contributed by atoms with E-state index in [-0.39, 0.29) is 0 Å². The fourth-order valence-corrected chi connectivity index (χ4v) is 2.23. The lowest BCUT2D eigenvalue weighted by molar-refractivity contribution is 1.03. The van der Waals surface area contributed by atoms with Crippen LogP contribution in [0.25, 0.3) is 0 Å². The van der Waals surface area contributed by atoms with Gasteiger partial charge in [-0.3, -0.25) is 0 Å². The summed E-state index contributed by atoms with van der Waals surface area (Å²) in [5, 5.41) is 6.46. The lowest BCUT2D eigenvalue weighted by Crippen LogP contribution is -2.05. The molecule has 0 aliphatic rings. The van der Waals surface area contributed by atoms with Crippen molar-refractivity contribution in [2.45, 2.75) is 20.8 Å². The highest BCUT2D eigenvalue weighted by atomic mass is 79.9. The normalized spacial score (nSPS) is 10.4. The van der Waals surface area contributed by atoms with Crippen LogP contribution < -0.4 is 10.6 Å². The molecule has 0 atom stereocenters. The summed E-state index contributed by atoms with van der Waals surface area (Å²) >= 11 is 3.54. The van der Waals surface area contributed by atoms with Crippen LogP contribution in [0.3, 0.4) is 0 Å². The van der Waals surface area contributed by atoms with Crippen LogP contribution in [-0.2, 0) is 0 Å². The van der Waals surface area contributed by atoms with Gasteiger partial charge in [0.2, 0.25) is 0 Å².